The quantitative estimate of drug-likeness (QED) is 0.802. The first-order valence-electron chi connectivity index (χ1n) is 8.54. The van der Waals surface area contributed by atoms with Crippen LogP contribution >= 0.6 is 0 Å². The Hall–Kier alpha value is -2.10. The summed E-state index contributed by atoms with van der Waals surface area (Å²) in [6.07, 6.45) is 0.390. The van der Waals surface area contributed by atoms with Gasteiger partial charge in [0.1, 0.15) is 0 Å². The minimum atomic E-state index is -0.776. The summed E-state index contributed by atoms with van der Waals surface area (Å²) in [7, 11) is 0. The van der Waals surface area contributed by atoms with Crippen LogP contribution in [-0.4, -0.2) is 60.3 Å². The highest BCUT2D eigenvalue weighted by Gasteiger charge is 2.35. The molecule has 0 radical (unpaired) electrons. The topological polar surface area (TPSA) is 79.6 Å². The van der Waals surface area contributed by atoms with Crippen molar-refractivity contribution in [1.29, 1.82) is 5.26 Å². The van der Waals surface area contributed by atoms with Crippen molar-refractivity contribution in [3.63, 3.8) is 0 Å². The number of amides is 1. The lowest BCUT2D eigenvalue weighted by Gasteiger charge is -2.45. The zero-order chi connectivity index (χ0) is 16.9. The molecule has 1 aromatic rings. The first-order valence-corrected chi connectivity index (χ1v) is 8.54. The molecule has 6 heteroatoms. The maximum absolute atomic E-state index is 11.1. The van der Waals surface area contributed by atoms with Gasteiger partial charge < -0.3 is 20.2 Å². The van der Waals surface area contributed by atoms with Crippen LogP contribution in [0.4, 0.5) is 4.79 Å². The molecule has 2 unspecified atom stereocenters. The van der Waals surface area contributed by atoms with Crippen LogP contribution in [0.15, 0.2) is 24.3 Å². The molecular weight excluding hydrogens is 304 g/mol. The Kier molecular flexibility index (Phi) is 5.34. The van der Waals surface area contributed by atoms with Gasteiger partial charge in [0.2, 0.25) is 0 Å². The van der Waals surface area contributed by atoms with E-state index < -0.39 is 6.09 Å². The van der Waals surface area contributed by atoms with Crippen molar-refractivity contribution in [2.75, 3.05) is 39.3 Å². The zero-order valence-corrected chi connectivity index (χ0v) is 13.8. The number of benzene rings is 1. The minimum Gasteiger partial charge on any atom is -0.465 e. The Bertz CT molecular complexity index is 596. The summed E-state index contributed by atoms with van der Waals surface area (Å²) in [6.45, 7) is 6.08. The van der Waals surface area contributed by atoms with Gasteiger partial charge in [-0.2, -0.15) is 5.26 Å². The van der Waals surface area contributed by atoms with Crippen LogP contribution < -0.4 is 5.32 Å². The molecule has 0 aliphatic carbocycles. The van der Waals surface area contributed by atoms with Crippen LogP contribution in [0.2, 0.25) is 0 Å². The molecule has 2 aliphatic heterocycles. The van der Waals surface area contributed by atoms with Crippen LogP contribution in [0.3, 0.4) is 0 Å². The van der Waals surface area contributed by atoms with Crippen molar-refractivity contribution in [2.45, 2.75) is 13.0 Å². The van der Waals surface area contributed by atoms with Gasteiger partial charge in [0.15, 0.2) is 0 Å². The minimum absolute atomic E-state index is 0.479. The van der Waals surface area contributed by atoms with Crippen LogP contribution in [0, 0.1) is 23.2 Å². The van der Waals surface area contributed by atoms with Crippen LogP contribution in [0.5, 0.6) is 0 Å². The van der Waals surface area contributed by atoms with Gasteiger partial charge in [-0.15, -0.1) is 0 Å². The molecule has 2 saturated heterocycles. The SMILES string of the molecule is N#Cc1ccc(CNCCN2CC3CC(C2)CN(C(=O)O)C3)cc1. The van der Waals surface area contributed by atoms with Gasteiger partial charge in [-0.1, -0.05) is 12.1 Å². The molecule has 0 saturated carbocycles. The Balaban J connectivity index is 1.39. The van der Waals surface area contributed by atoms with Crippen molar-refractivity contribution in [2.24, 2.45) is 11.8 Å². The highest BCUT2D eigenvalue weighted by molar-refractivity contribution is 5.65. The maximum atomic E-state index is 11.1. The molecule has 1 amide bonds. The average molecular weight is 328 g/mol. The zero-order valence-electron chi connectivity index (χ0n) is 13.8. The predicted molar refractivity (Wildman–Crippen MR) is 90.5 cm³/mol. The third kappa shape index (κ3) is 4.25. The van der Waals surface area contributed by atoms with E-state index in [-0.39, 0.29) is 0 Å². The second-order valence-corrected chi connectivity index (χ2v) is 6.90. The number of piperidine rings is 2. The van der Waals surface area contributed by atoms with E-state index in [0.717, 1.165) is 32.7 Å². The number of likely N-dealkylation sites (tertiary alicyclic amines) is 2. The smallest absolute Gasteiger partial charge is 0.407 e. The Morgan fingerprint density at radius 3 is 2.46 bits per heavy atom. The molecule has 3 rings (SSSR count). The fourth-order valence-corrected chi connectivity index (χ4v) is 3.89. The molecule has 128 valence electrons. The second kappa shape index (κ2) is 7.65. The maximum Gasteiger partial charge on any atom is 0.407 e. The number of hydrogen-bond donors (Lipinski definition) is 2. The second-order valence-electron chi connectivity index (χ2n) is 6.90. The number of hydrogen-bond acceptors (Lipinski definition) is 4. The number of nitriles is 1. The van der Waals surface area contributed by atoms with Gasteiger partial charge >= 0.3 is 6.09 Å². The number of carbonyl (C=O) groups is 1. The standard InChI is InChI=1S/C18H24N4O2/c19-8-14-1-3-15(4-2-14)9-20-5-6-21-10-16-7-17(11-21)13-22(12-16)18(23)24/h1-4,16-17,20H,5-7,9-13H2,(H,23,24). The van der Waals surface area contributed by atoms with Crippen molar-refractivity contribution in [3.05, 3.63) is 35.4 Å². The van der Waals surface area contributed by atoms with E-state index in [2.05, 4.69) is 16.3 Å². The molecule has 1 aromatic carbocycles. The van der Waals surface area contributed by atoms with Crippen LogP contribution in [0.25, 0.3) is 0 Å². The molecule has 2 bridgehead atoms. The number of nitrogens with zero attached hydrogens (tertiary/aromatic N) is 3. The summed E-state index contributed by atoms with van der Waals surface area (Å²) in [5.74, 6) is 0.958. The highest BCUT2D eigenvalue weighted by Crippen LogP contribution is 2.28. The first kappa shape index (κ1) is 16.7. The van der Waals surface area contributed by atoms with E-state index in [0.29, 0.717) is 30.5 Å². The van der Waals surface area contributed by atoms with E-state index in [1.807, 2.05) is 24.3 Å². The molecule has 2 fully saturated rings. The van der Waals surface area contributed by atoms with Crippen LogP contribution in [-0.2, 0) is 6.54 Å². The fraction of sp³-hybridized carbons (Fsp3) is 0.556. The molecule has 2 aliphatic rings. The lowest BCUT2D eigenvalue weighted by Crippen LogP contribution is -2.54. The molecule has 2 heterocycles. The molecule has 0 spiro atoms. The van der Waals surface area contributed by atoms with Gasteiger partial charge in [0.25, 0.3) is 0 Å². The molecular formula is C18H24N4O2. The Labute approximate surface area is 142 Å². The first-order chi connectivity index (χ1) is 11.6. The lowest BCUT2D eigenvalue weighted by atomic mass is 9.85. The van der Waals surface area contributed by atoms with E-state index in [1.165, 1.54) is 12.0 Å². The number of carboxylic acid groups (broad SMARTS) is 1. The molecule has 6 nitrogen and oxygen atoms in total. The summed E-state index contributed by atoms with van der Waals surface area (Å²) < 4.78 is 0. The third-order valence-corrected chi connectivity index (χ3v) is 4.94. The van der Waals surface area contributed by atoms with E-state index in [1.54, 1.807) is 4.90 Å². The molecule has 2 atom stereocenters. The Morgan fingerprint density at radius 2 is 1.88 bits per heavy atom. The van der Waals surface area contributed by atoms with E-state index >= 15 is 0 Å². The van der Waals surface area contributed by atoms with E-state index in [4.69, 9.17) is 10.4 Å². The summed E-state index contributed by atoms with van der Waals surface area (Å²) in [4.78, 5) is 15.2. The van der Waals surface area contributed by atoms with Gasteiger partial charge in [-0.3, -0.25) is 0 Å². The van der Waals surface area contributed by atoms with Crippen molar-refractivity contribution in [1.82, 2.24) is 15.1 Å². The normalized spacial score (nSPS) is 23.7. The fourth-order valence-electron chi connectivity index (χ4n) is 3.89. The largest absolute Gasteiger partial charge is 0.465 e. The van der Waals surface area contributed by atoms with Crippen LogP contribution in [0.1, 0.15) is 17.5 Å². The predicted octanol–water partition coefficient (Wildman–Crippen LogP) is 1.58. The van der Waals surface area contributed by atoms with Crippen molar-refractivity contribution >= 4 is 6.09 Å². The average Bonchev–Trinajstić information content (AvgIpc) is 2.58. The van der Waals surface area contributed by atoms with Gasteiger partial charge in [0.05, 0.1) is 11.6 Å². The number of nitrogens with one attached hydrogen (secondary N) is 1. The van der Waals surface area contributed by atoms with Crippen molar-refractivity contribution in [3.8, 4) is 6.07 Å². The molecule has 0 aromatic heterocycles. The van der Waals surface area contributed by atoms with E-state index in [9.17, 15) is 4.79 Å². The lowest BCUT2D eigenvalue weighted by molar-refractivity contribution is 0.0340. The monoisotopic (exact) mass is 328 g/mol. The summed E-state index contributed by atoms with van der Waals surface area (Å²) in [6, 6.07) is 9.78. The Morgan fingerprint density at radius 1 is 1.21 bits per heavy atom. The third-order valence-electron chi connectivity index (χ3n) is 4.94. The number of fused-ring (bicyclic) bond motifs is 2. The summed E-state index contributed by atoms with van der Waals surface area (Å²) in [5.41, 5.74) is 1.87. The van der Waals surface area contributed by atoms with Gasteiger partial charge in [0, 0.05) is 45.8 Å². The van der Waals surface area contributed by atoms with Gasteiger partial charge in [-0.25, -0.2) is 4.79 Å². The molecule has 24 heavy (non-hydrogen) atoms. The molecule has 2 N–H and O–H groups in total. The van der Waals surface area contributed by atoms with Gasteiger partial charge in [-0.05, 0) is 36.0 Å². The number of rotatable bonds is 5. The highest BCUT2D eigenvalue weighted by atomic mass is 16.4. The summed E-state index contributed by atoms with van der Waals surface area (Å²) in [5, 5.41) is 21.4. The summed E-state index contributed by atoms with van der Waals surface area (Å²) >= 11 is 0. The van der Waals surface area contributed by atoms with Crippen molar-refractivity contribution < 1.29 is 9.90 Å².